The zero-order valence-corrected chi connectivity index (χ0v) is 11.3. The van der Waals surface area contributed by atoms with Gasteiger partial charge in [-0.15, -0.1) is 0 Å². The summed E-state index contributed by atoms with van der Waals surface area (Å²) in [5.74, 6) is 0.830. The zero-order chi connectivity index (χ0) is 13.7. The van der Waals surface area contributed by atoms with Crippen LogP contribution < -0.4 is 10.5 Å². The normalized spacial score (nSPS) is 10.4. The van der Waals surface area contributed by atoms with Crippen molar-refractivity contribution >= 4 is 5.69 Å². The maximum absolute atomic E-state index is 6.06. The Bertz CT molecular complexity index is 552. The molecule has 19 heavy (non-hydrogen) atoms. The summed E-state index contributed by atoms with van der Waals surface area (Å²) in [4.78, 5) is 0. The van der Waals surface area contributed by atoms with Gasteiger partial charge in [0.25, 0.3) is 0 Å². The van der Waals surface area contributed by atoms with Gasteiger partial charge in [0, 0.05) is 23.9 Å². The molecule has 0 saturated carbocycles. The summed E-state index contributed by atoms with van der Waals surface area (Å²) >= 11 is 0. The van der Waals surface area contributed by atoms with E-state index in [0.717, 1.165) is 22.6 Å². The molecule has 2 rings (SSSR count). The quantitative estimate of drug-likeness (QED) is 0.660. The molecule has 0 aliphatic rings. The van der Waals surface area contributed by atoms with Gasteiger partial charge in [0.1, 0.15) is 12.4 Å². The molecular weight excluding hydrogens is 238 g/mol. The highest BCUT2D eigenvalue weighted by Gasteiger charge is 2.09. The molecule has 0 aliphatic heterocycles. The van der Waals surface area contributed by atoms with E-state index in [1.54, 1.807) is 7.11 Å². The average molecular weight is 257 g/mol. The first kappa shape index (κ1) is 13.4. The fourth-order valence-electron chi connectivity index (χ4n) is 1.95. The Hall–Kier alpha value is -2.00. The van der Waals surface area contributed by atoms with E-state index in [-0.39, 0.29) is 0 Å². The van der Waals surface area contributed by atoms with Gasteiger partial charge in [0.2, 0.25) is 0 Å². The standard InChI is InChI=1S/C16H19NO2/c1-12-7-8-15(17)14(11-12)13-5-3-4-6-16(13)19-10-9-18-2/h3-8,11H,9-10,17H2,1-2H3. The third kappa shape index (κ3) is 3.26. The smallest absolute Gasteiger partial charge is 0.127 e. The molecule has 0 amide bonds. The van der Waals surface area contributed by atoms with E-state index in [2.05, 4.69) is 13.0 Å². The number of hydrogen-bond donors (Lipinski definition) is 1. The number of para-hydroxylation sites is 1. The average Bonchev–Trinajstić information content (AvgIpc) is 2.42. The van der Waals surface area contributed by atoms with Crippen molar-refractivity contribution in [3.8, 4) is 16.9 Å². The second-order valence-electron chi connectivity index (χ2n) is 4.43. The first-order chi connectivity index (χ1) is 9.22. The highest BCUT2D eigenvalue weighted by molar-refractivity contribution is 5.80. The zero-order valence-electron chi connectivity index (χ0n) is 11.3. The Morgan fingerprint density at radius 1 is 1.00 bits per heavy atom. The fraction of sp³-hybridized carbons (Fsp3) is 0.250. The molecule has 0 aliphatic carbocycles. The summed E-state index contributed by atoms with van der Waals surface area (Å²) < 4.78 is 10.7. The number of methoxy groups -OCH3 is 1. The summed E-state index contributed by atoms with van der Waals surface area (Å²) in [6.45, 7) is 3.15. The van der Waals surface area contributed by atoms with Gasteiger partial charge in [-0.25, -0.2) is 0 Å². The molecule has 2 aromatic rings. The Balaban J connectivity index is 2.35. The topological polar surface area (TPSA) is 44.5 Å². The van der Waals surface area contributed by atoms with Crippen molar-refractivity contribution in [3.05, 3.63) is 48.0 Å². The Morgan fingerprint density at radius 3 is 2.58 bits per heavy atom. The van der Waals surface area contributed by atoms with Crippen LogP contribution in [0.3, 0.4) is 0 Å². The van der Waals surface area contributed by atoms with Crippen molar-refractivity contribution in [2.24, 2.45) is 0 Å². The van der Waals surface area contributed by atoms with Crippen LogP contribution in [-0.2, 0) is 4.74 Å². The van der Waals surface area contributed by atoms with Crippen LogP contribution in [0.25, 0.3) is 11.1 Å². The van der Waals surface area contributed by atoms with Crippen molar-refractivity contribution in [1.82, 2.24) is 0 Å². The molecule has 100 valence electrons. The number of anilines is 1. The van der Waals surface area contributed by atoms with Crippen molar-refractivity contribution in [2.75, 3.05) is 26.1 Å². The molecule has 0 heterocycles. The number of nitrogens with two attached hydrogens (primary N) is 1. The summed E-state index contributed by atoms with van der Waals surface area (Å²) in [5, 5.41) is 0. The number of nitrogen functional groups attached to an aromatic ring is 1. The van der Waals surface area contributed by atoms with Gasteiger partial charge in [-0.2, -0.15) is 0 Å². The van der Waals surface area contributed by atoms with Gasteiger partial charge in [-0.05, 0) is 25.1 Å². The lowest BCUT2D eigenvalue weighted by molar-refractivity contribution is 0.146. The number of aryl methyl sites for hydroxylation is 1. The predicted octanol–water partition coefficient (Wildman–Crippen LogP) is 3.27. The molecule has 3 nitrogen and oxygen atoms in total. The molecule has 0 fully saturated rings. The summed E-state index contributed by atoms with van der Waals surface area (Å²) in [6.07, 6.45) is 0. The summed E-state index contributed by atoms with van der Waals surface area (Å²) in [7, 11) is 1.66. The molecule has 0 aromatic heterocycles. The molecule has 0 radical (unpaired) electrons. The van der Waals surface area contributed by atoms with Gasteiger partial charge < -0.3 is 15.2 Å². The Labute approximate surface area is 114 Å². The number of benzene rings is 2. The molecule has 0 bridgehead atoms. The van der Waals surface area contributed by atoms with Crippen molar-refractivity contribution in [3.63, 3.8) is 0 Å². The van der Waals surface area contributed by atoms with Crippen molar-refractivity contribution < 1.29 is 9.47 Å². The van der Waals surface area contributed by atoms with Gasteiger partial charge in [-0.3, -0.25) is 0 Å². The van der Waals surface area contributed by atoms with Crippen LogP contribution in [0.15, 0.2) is 42.5 Å². The third-order valence-corrected chi connectivity index (χ3v) is 2.93. The number of rotatable bonds is 5. The summed E-state index contributed by atoms with van der Waals surface area (Å²) in [6, 6.07) is 13.9. The van der Waals surface area contributed by atoms with Gasteiger partial charge in [0.05, 0.1) is 6.61 Å². The Kier molecular flexibility index (Phi) is 4.42. The predicted molar refractivity (Wildman–Crippen MR) is 78.4 cm³/mol. The second-order valence-corrected chi connectivity index (χ2v) is 4.43. The minimum Gasteiger partial charge on any atom is -0.491 e. The maximum atomic E-state index is 6.06. The largest absolute Gasteiger partial charge is 0.491 e. The monoisotopic (exact) mass is 257 g/mol. The maximum Gasteiger partial charge on any atom is 0.127 e. The highest BCUT2D eigenvalue weighted by atomic mass is 16.5. The van der Waals surface area contributed by atoms with E-state index in [1.165, 1.54) is 5.56 Å². The van der Waals surface area contributed by atoms with Crippen molar-refractivity contribution in [1.29, 1.82) is 0 Å². The lowest BCUT2D eigenvalue weighted by Gasteiger charge is -2.13. The fourth-order valence-corrected chi connectivity index (χ4v) is 1.95. The van der Waals surface area contributed by atoms with Crippen LogP contribution in [0.2, 0.25) is 0 Å². The number of hydrogen-bond acceptors (Lipinski definition) is 3. The summed E-state index contributed by atoms with van der Waals surface area (Å²) in [5.41, 5.74) is 10.0. The van der Waals surface area contributed by atoms with E-state index in [0.29, 0.717) is 13.2 Å². The van der Waals surface area contributed by atoms with Crippen LogP contribution >= 0.6 is 0 Å². The molecule has 2 N–H and O–H groups in total. The van der Waals surface area contributed by atoms with E-state index >= 15 is 0 Å². The first-order valence-corrected chi connectivity index (χ1v) is 6.29. The SMILES string of the molecule is COCCOc1ccccc1-c1cc(C)ccc1N. The molecule has 0 unspecified atom stereocenters. The van der Waals surface area contributed by atoms with Gasteiger partial charge in [0.15, 0.2) is 0 Å². The molecule has 0 saturated heterocycles. The van der Waals surface area contributed by atoms with Crippen LogP contribution in [0, 0.1) is 6.92 Å². The van der Waals surface area contributed by atoms with E-state index in [9.17, 15) is 0 Å². The van der Waals surface area contributed by atoms with Crippen LogP contribution in [0.4, 0.5) is 5.69 Å². The van der Waals surface area contributed by atoms with E-state index < -0.39 is 0 Å². The minimum absolute atomic E-state index is 0.527. The van der Waals surface area contributed by atoms with Crippen LogP contribution in [0.1, 0.15) is 5.56 Å². The molecule has 2 aromatic carbocycles. The van der Waals surface area contributed by atoms with Crippen LogP contribution in [-0.4, -0.2) is 20.3 Å². The lowest BCUT2D eigenvalue weighted by Crippen LogP contribution is -2.05. The van der Waals surface area contributed by atoms with Gasteiger partial charge >= 0.3 is 0 Å². The van der Waals surface area contributed by atoms with E-state index in [1.807, 2.05) is 36.4 Å². The molecule has 3 heteroatoms. The molecule has 0 atom stereocenters. The van der Waals surface area contributed by atoms with Gasteiger partial charge in [-0.1, -0.05) is 29.8 Å². The van der Waals surface area contributed by atoms with Crippen LogP contribution in [0.5, 0.6) is 5.75 Å². The number of ether oxygens (including phenoxy) is 2. The first-order valence-electron chi connectivity index (χ1n) is 6.29. The highest BCUT2D eigenvalue weighted by Crippen LogP contribution is 2.34. The Morgan fingerprint density at radius 2 is 1.79 bits per heavy atom. The minimum atomic E-state index is 0.527. The second kappa shape index (κ2) is 6.25. The third-order valence-electron chi connectivity index (χ3n) is 2.93. The lowest BCUT2D eigenvalue weighted by atomic mass is 10.0. The van der Waals surface area contributed by atoms with E-state index in [4.69, 9.17) is 15.2 Å². The molecule has 0 spiro atoms. The van der Waals surface area contributed by atoms with Crippen molar-refractivity contribution in [2.45, 2.75) is 6.92 Å². The molecular formula is C16H19NO2.